The summed E-state index contributed by atoms with van der Waals surface area (Å²) in [5, 5.41) is 22.7. The number of carbonyl (C=O) groups excluding carboxylic acids is 2. The summed E-state index contributed by atoms with van der Waals surface area (Å²) in [6.07, 6.45) is 3.09. The fourth-order valence-corrected chi connectivity index (χ4v) is 4.92. The van der Waals surface area contributed by atoms with E-state index in [1.54, 1.807) is 24.3 Å². The average molecular weight is 398 g/mol. The predicted octanol–water partition coefficient (Wildman–Crippen LogP) is 3.62. The lowest BCUT2D eigenvalue weighted by Crippen LogP contribution is -2.53. The van der Waals surface area contributed by atoms with Crippen LogP contribution in [-0.2, 0) is 27.4 Å². The van der Waals surface area contributed by atoms with E-state index in [2.05, 4.69) is 0 Å². The number of hydrogen-bond acceptors (Lipinski definition) is 5. The molecule has 0 saturated carbocycles. The number of hydrogen-bond donors (Lipinski definition) is 2. The monoisotopic (exact) mass is 398 g/mol. The molecule has 0 aliphatic heterocycles. The zero-order valence-corrected chi connectivity index (χ0v) is 16.4. The number of aliphatic hydroxyl groups is 1. The van der Waals surface area contributed by atoms with E-state index in [1.807, 2.05) is 13.0 Å². The van der Waals surface area contributed by atoms with Gasteiger partial charge in [0.15, 0.2) is 6.61 Å². The minimum atomic E-state index is -1.67. The molecule has 0 bridgehead atoms. The van der Waals surface area contributed by atoms with Gasteiger partial charge in [0.05, 0.1) is 0 Å². The Morgan fingerprint density at radius 2 is 2.00 bits per heavy atom. The van der Waals surface area contributed by atoms with Gasteiger partial charge in [-0.15, -0.1) is 0 Å². The van der Waals surface area contributed by atoms with Crippen LogP contribution in [0.5, 0.6) is 5.75 Å². The number of aryl methyl sites for hydroxylation is 1. The van der Waals surface area contributed by atoms with Crippen molar-refractivity contribution in [2.45, 2.75) is 45.4 Å². The summed E-state index contributed by atoms with van der Waals surface area (Å²) in [5.41, 5.74) is 0.618. The Kier molecular flexibility index (Phi) is 4.50. The minimum Gasteiger partial charge on any atom is -0.508 e. The molecule has 0 aromatic heterocycles. The fraction of sp³-hybridized carbons (Fsp3) is 0.391. The number of ether oxygens (including phenoxy) is 1. The van der Waals surface area contributed by atoms with Crippen LogP contribution in [0.25, 0.3) is 16.3 Å². The van der Waals surface area contributed by atoms with Crippen molar-refractivity contribution in [1.29, 1.82) is 0 Å². The standard InChI is InChI=1S/C23H23FO5/c1-13(25)29-12-21(27)23(28)8-6-20-19-9-14(11-24)18-10-15(26)3-4-16(18)17(19)5-7-22(20,23)2/h3-4,6,9-10,26,28H,5,7-8,11-12H2,1-2H3/t22-,23-/m0/s1. The van der Waals surface area contributed by atoms with Crippen LogP contribution in [0, 0.1) is 5.41 Å². The van der Waals surface area contributed by atoms with Gasteiger partial charge in [-0.2, -0.15) is 0 Å². The Morgan fingerprint density at radius 3 is 2.69 bits per heavy atom. The summed E-state index contributed by atoms with van der Waals surface area (Å²) in [6, 6.07) is 6.71. The van der Waals surface area contributed by atoms with Gasteiger partial charge in [0.1, 0.15) is 18.0 Å². The Balaban J connectivity index is 1.81. The van der Waals surface area contributed by atoms with E-state index in [-0.39, 0.29) is 12.2 Å². The Bertz CT molecular complexity index is 1070. The molecular formula is C23H23FO5. The third-order valence-corrected chi connectivity index (χ3v) is 6.60. The summed E-state index contributed by atoms with van der Waals surface area (Å²) in [4.78, 5) is 23.9. The highest BCUT2D eigenvalue weighted by Crippen LogP contribution is 2.58. The SMILES string of the molecule is CC(=O)OCC(=O)[C@@]1(O)CC=C2c3cc(CF)c4cc(O)ccc4c3CC[C@@]21C. The number of rotatable bonds is 4. The second-order valence-corrected chi connectivity index (χ2v) is 8.14. The molecule has 2 aromatic carbocycles. The summed E-state index contributed by atoms with van der Waals surface area (Å²) in [6.45, 7) is 1.90. The maximum Gasteiger partial charge on any atom is 0.303 e. The normalized spacial score (nSPS) is 25.3. The number of fused-ring (bicyclic) bond motifs is 5. The quantitative estimate of drug-likeness (QED) is 0.769. The topological polar surface area (TPSA) is 83.8 Å². The Morgan fingerprint density at radius 1 is 1.24 bits per heavy atom. The summed E-state index contributed by atoms with van der Waals surface area (Å²) in [7, 11) is 0. The summed E-state index contributed by atoms with van der Waals surface area (Å²) in [5.74, 6) is -1.02. The molecule has 29 heavy (non-hydrogen) atoms. The van der Waals surface area contributed by atoms with E-state index in [4.69, 9.17) is 4.74 Å². The molecule has 0 saturated heterocycles. The zero-order valence-electron chi connectivity index (χ0n) is 16.4. The largest absolute Gasteiger partial charge is 0.508 e. The highest BCUT2D eigenvalue weighted by Gasteiger charge is 2.58. The van der Waals surface area contributed by atoms with Crippen LogP contribution in [0.2, 0.25) is 0 Å². The van der Waals surface area contributed by atoms with Crippen molar-refractivity contribution in [2.24, 2.45) is 5.41 Å². The van der Waals surface area contributed by atoms with E-state index < -0.39 is 36.1 Å². The molecule has 0 unspecified atom stereocenters. The molecule has 0 radical (unpaired) electrons. The molecule has 4 rings (SSSR count). The minimum absolute atomic E-state index is 0.0818. The van der Waals surface area contributed by atoms with Gasteiger partial charge in [0, 0.05) is 18.8 Å². The van der Waals surface area contributed by atoms with E-state index in [9.17, 15) is 24.2 Å². The number of ketones is 1. The molecular weight excluding hydrogens is 375 g/mol. The lowest BCUT2D eigenvalue weighted by Gasteiger charge is -2.44. The lowest BCUT2D eigenvalue weighted by molar-refractivity contribution is -0.158. The lowest BCUT2D eigenvalue weighted by atomic mass is 9.61. The molecule has 2 atom stereocenters. The number of halogens is 1. The van der Waals surface area contributed by atoms with Gasteiger partial charge in [-0.1, -0.05) is 19.1 Å². The molecule has 0 spiro atoms. The van der Waals surface area contributed by atoms with Gasteiger partial charge in [0.25, 0.3) is 0 Å². The third kappa shape index (κ3) is 2.77. The molecule has 2 aromatic rings. The number of esters is 1. The number of carbonyl (C=O) groups is 2. The van der Waals surface area contributed by atoms with Gasteiger partial charge < -0.3 is 14.9 Å². The van der Waals surface area contributed by atoms with Crippen molar-refractivity contribution in [3.8, 4) is 5.75 Å². The molecule has 0 heterocycles. The molecule has 0 amide bonds. The number of phenolic OH excluding ortho intramolecular Hbond substituents is 1. The zero-order chi connectivity index (χ0) is 21.0. The highest BCUT2D eigenvalue weighted by atomic mass is 19.1. The number of benzene rings is 2. The molecule has 5 nitrogen and oxygen atoms in total. The maximum atomic E-state index is 13.8. The first-order valence-corrected chi connectivity index (χ1v) is 9.65. The summed E-state index contributed by atoms with van der Waals surface area (Å²) < 4.78 is 18.6. The number of Topliss-reactive ketones (excluding diaryl/α,β-unsaturated/α-hetero) is 1. The second-order valence-electron chi connectivity index (χ2n) is 8.14. The van der Waals surface area contributed by atoms with Crippen LogP contribution in [0.1, 0.15) is 43.4 Å². The molecule has 2 aliphatic rings. The molecule has 2 aliphatic carbocycles. The smallest absolute Gasteiger partial charge is 0.303 e. The molecule has 2 N–H and O–H groups in total. The number of alkyl halides is 1. The summed E-state index contributed by atoms with van der Waals surface area (Å²) >= 11 is 0. The van der Waals surface area contributed by atoms with Gasteiger partial charge >= 0.3 is 5.97 Å². The highest BCUT2D eigenvalue weighted by molar-refractivity contribution is 6.00. The van der Waals surface area contributed by atoms with Gasteiger partial charge in [-0.25, -0.2) is 4.39 Å². The van der Waals surface area contributed by atoms with Crippen LogP contribution in [0.3, 0.4) is 0 Å². The van der Waals surface area contributed by atoms with E-state index in [0.29, 0.717) is 23.8 Å². The number of phenols is 1. The Labute approximate surface area is 167 Å². The van der Waals surface area contributed by atoms with Crippen molar-refractivity contribution < 1.29 is 28.9 Å². The fourth-order valence-electron chi connectivity index (χ4n) is 4.92. The van der Waals surface area contributed by atoms with Crippen molar-refractivity contribution in [3.05, 3.63) is 47.0 Å². The van der Waals surface area contributed by atoms with Gasteiger partial charge in [-0.05, 0) is 64.1 Å². The van der Waals surface area contributed by atoms with Crippen LogP contribution in [0.4, 0.5) is 4.39 Å². The average Bonchev–Trinajstić information content (AvgIpc) is 2.97. The van der Waals surface area contributed by atoms with Crippen molar-refractivity contribution in [3.63, 3.8) is 0 Å². The first kappa shape index (κ1) is 19.6. The van der Waals surface area contributed by atoms with Crippen LogP contribution < -0.4 is 0 Å². The van der Waals surface area contributed by atoms with Gasteiger partial charge in [-0.3, -0.25) is 9.59 Å². The van der Waals surface area contributed by atoms with Crippen LogP contribution >= 0.6 is 0 Å². The van der Waals surface area contributed by atoms with Gasteiger partial charge in [0.2, 0.25) is 5.78 Å². The second kappa shape index (κ2) is 6.66. The van der Waals surface area contributed by atoms with E-state index in [1.165, 1.54) is 6.92 Å². The van der Waals surface area contributed by atoms with Crippen molar-refractivity contribution in [1.82, 2.24) is 0 Å². The van der Waals surface area contributed by atoms with Crippen molar-refractivity contribution in [2.75, 3.05) is 6.61 Å². The third-order valence-electron chi connectivity index (χ3n) is 6.60. The number of aromatic hydroxyl groups is 1. The van der Waals surface area contributed by atoms with E-state index in [0.717, 1.165) is 22.1 Å². The van der Waals surface area contributed by atoms with Crippen molar-refractivity contribution >= 4 is 28.1 Å². The predicted molar refractivity (Wildman–Crippen MR) is 106 cm³/mol. The molecule has 6 heteroatoms. The maximum absolute atomic E-state index is 13.8. The first-order valence-electron chi connectivity index (χ1n) is 9.65. The van der Waals surface area contributed by atoms with Crippen LogP contribution in [0.15, 0.2) is 30.3 Å². The molecule has 152 valence electrons. The van der Waals surface area contributed by atoms with E-state index >= 15 is 0 Å². The molecule has 0 fully saturated rings. The van der Waals surface area contributed by atoms with Crippen LogP contribution in [-0.4, -0.2) is 34.2 Å². The Hall–Kier alpha value is -2.73. The first-order chi connectivity index (χ1) is 13.7.